The number of hydrogen-bond donors (Lipinski definition) is 1. The van der Waals surface area contributed by atoms with Crippen molar-refractivity contribution < 1.29 is 28.5 Å². The molecule has 0 radical (unpaired) electrons. The molecule has 0 spiro atoms. The van der Waals surface area contributed by atoms with Crippen LogP contribution in [0.3, 0.4) is 0 Å². The number of benzene rings is 2. The molecular weight excluding hydrogens is 362 g/mol. The van der Waals surface area contributed by atoms with Crippen LogP contribution in [0.4, 0.5) is 5.69 Å². The summed E-state index contributed by atoms with van der Waals surface area (Å²) >= 11 is 0. The van der Waals surface area contributed by atoms with Crippen molar-refractivity contribution in [3.05, 3.63) is 48.5 Å². The third kappa shape index (κ3) is 6.50. The quantitative estimate of drug-likeness (QED) is 0.629. The topological polar surface area (TPSA) is 83.1 Å². The predicted molar refractivity (Wildman–Crippen MR) is 105 cm³/mol. The first-order chi connectivity index (χ1) is 13.5. The van der Waals surface area contributed by atoms with Crippen LogP contribution >= 0.6 is 0 Å². The first kappa shape index (κ1) is 21.1. The van der Waals surface area contributed by atoms with Gasteiger partial charge in [-0.15, -0.1) is 0 Å². The number of carbonyl (C=O) groups is 2. The average Bonchev–Trinajstić information content (AvgIpc) is 2.69. The van der Waals surface area contributed by atoms with Gasteiger partial charge < -0.3 is 24.3 Å². The first-order valence-corrected chi connectivity index (χ1v) is 9.11. The van der Waals surface area contributed by atoms with E-state index >= 15 is 0 Å². The van der Waals surface area contributed by atoms with Crippen LogP contribution in [0, 0.1) is 0 Å². The van der Waals surface area contributed by atoms with Gasteiger partial charge in [-0.25, -0.2) is 4.79 Å². The van der Waals surface area contributed by atoms with Crippen LogP contribution in [0.15, 0.2) is 48.5 Å². The highest BCUT2D eigenvalue weighted by Crippen LogP contribution is 2.26. The van der Waals surface area contributed by atoms with Gasteiger partial charge in [0.05, 0.1) is 13.2 Å². The van der Waals surface area contributed by atoms with Crippen LogP contribution in [-0.2, 0) is 14.3 Å². The molecule has 150 valence electrons. The van der Waals surface area contributed by atoms with Gasteiger partial charge in [-0.2, -0.15) is 0 Å². The highest BCUT2D eigenvalue weighted by Gasteiger charge is 2.19. The molecule has 2 aromatic rings. The number of para-hydroxylation sites is 2. The van der Waals surface area contributed by atoms with E-state index in [0.29, 0.717) is 36.1 Å². The molecule has 28 heavy (non-hydrogen) atoms. The van der Waals surface area contributed by atoms with E-state index in [4.69, 9.17) is 18.9 Å². The minimum absolute atomic E-state index is 0.329. The lowest BCUT2D eigenvalue weighted by Gasteiger charge is -2.15. The van der Waals surface area contributed by atoms with Crippen molar-refractivity contribution in [1.29, 1.82) is 0 Å². The Labute approximate surface area is 164 Å². The highest BCUT2D eigenvalue weighted by atomic mass is 16.6. The Kier molecular flexibility index (Phi) is 8.14. The van der Waals surface area contributed by atoms with Gasteiger partial charge in [0.15, 0.2) is 24.2 Å². The average molecular weight is 387 g/mol. The fourth-order valence-electron chi connectivity index (χ4n) is 2.31. The zero-order valence-electron chi connectivity index (χ0n) is 16.3. The standard InChI is InChI=1S/C21H25NO6/c1-4-25-17-12-10-16(11-13-17)22-21(24)15(3)28-20(23)14-27-19-9-7-6-8-18(19)26-5-2/h6-13,15H,4-5,14H2,1-3H3,(H,22,24)/t15-/m0/s1. The second-order valence-electron chi connectivity index (χ2n) is 5.75. The number of esters is 1. The van der Waals surface area contributed by atoms with E-state index in [1.807, 2.05) is 19.9 Å². The minimum Gasteiger partial charge on any atom is -0.494 e. The SMILES string of the molecule is CCOc1ccc(NC(=O)[C@H](C)OC(=O)COc2ccccc2OCC)cc1. The number of nitrogens with one attached hydrogen (secondary N) is 1. The summed E-state index contributed by atoms with van der Waals surface area (Å²) in [4.78, 5) is 24.2. The maximum atomic E-state index is 12.2. The summed E-state index contributed by atoms with van der Waals surface area (Å²) in [5, 5.41) is 2.68. The first-order valence-electron chi connectivity index (χ1n) is 9.11. The molecule has 0 saturated heterocycles. The Bertz CT molecular complexity index is 775. The lowest BCUT2D eigenvalue weighted by atomic mass is 10.3. The third-order valence-electron chi connectivity index (χ3n) is 3.60. The van der Waals surface area contributed by atoms with Gasteiger partial charge in [-0.1, -0.05) is 12.1 Å². The smallest absolute Gasteiger partial charge is 0.344 e. The second kappa shape index (κ2) is 10.8. The van der Waals surface area contributed by atoms with Crippen molar-refractivity contribution >= 4 is 17.6 Å². The molecule has 0 unspecified atom stereocenters. The Morgan fingerprint density at radius 2 is 1.50 bits per heavy atom. The molecule has 0 aliphatic rings. The molecule has 2 rings (SSSR count). The summed E-state index contributed by atoms with van der Waals surface area (Å²) in [7, 11) is 0. The van der Waals surface area contributed by atoms with Crippen molar-refractivity contribution in [2.45, 2.75) is 26.9 Å². The Morgan fingerprint density at radius 1 is 0.893 bits per heavy atom. The summed E-state index contributed by atoms with van der Waals surface area (Å²) in [5.41, 5.74) is 0.582. The molecule has 7 heteroatoms. The van der Waals surface area contributed by atoms with Crippen molar-refractivity contribution in [2.24, 2.45) is 0 Å². The van der Waals surface area contributed by atoms with Crippen molar-refractivity contribution in [3.8, 4) is 17.2 Å². The van der Waals surface area contributed by atoms with Gasteiger partial charge in [0, 0.05) is 5.69 Å². The van der Waals surface area contributed by atoms with Crippen LogP contribution in [0.25, 0.3) is 0 Å². The van der Waals surface area contributed by atoms with E-state index in [9.17, 15) is 9.59 Å². The number of amides is 1. The summed E-state index contributed by atoms with van der Waals surface area (Å²) in [6, 6.07) is 14.0. The van der Waals surface area contributed by atoms with E-state index in [-0.39, 0.29) is 6.61 Å². The van der Waals surface area contributed by atoms with Gasteiger partial charge in [0.25, 0.3) is 5.91 Å². The number of anilines is 1. The van der Waals surface area contributed by atoms with Crippen molar-refractivity contribution in [1.82, 2.24) is 0 Å². The highest BCUT2D eigenvalue weighted by molar-refractivity contribution is 5.95. The normalized spacial score (nSPS) is 11.2. The fraction of sp³-hybridized carbons (Fsp3) is 0.333. The van der Waals surface area contributed by atoms with E-state index in [1.165, 1.54) is 6.92 Å². The molecule has 0 aliphatic carbocycles. The summed E-state index contributed by atoms with van der Waals surface area (Å²) in [6.45, 7) is 5.96. The Hall–Kier alpha value is -3.22. The minimum atomic E-state index is -0.968. The fourth-order valence-corrected chi connectivity index (χ4v) is 2.31. The number of ether oxygens (including phenoxy) is 4. The van der Waals surface area contributed by atoms with Crippen molar-refractivity contribution in [3.63, 3.8) is 0 Å². The van der Waals surface area contributed by atoms with Gasteiger partial charge >= 0.3 is 5.97 Å². The largest absolute Gasteiger partial charge is 0.494 e. The molecule has 0 saturated carbocycles. The molecule has 1 amide bonds. The van der Waals surface area contributed by atoms with E-state index in [2.05, 4.69) is 5.32 Å². The lowest BCUT2D eigenvalue weighted by Crippen LogP contribution is -2.31. The van der Waals surface area contributed by atoms with Crippen molar-refractivity contribution in [2.75, 3.05) is 25.1 Å². The molecular formula is C21H25NO6. The summed E-state index contributed by atoms with van der Waals surface area (Å²) < 4.78 is 21.3. The molecule has 0 fully saturated rings. The van der Waals surface area contributed by atoms with E-state index in [0.717, 1.165) is 0 Å². The molecule has 1 atom stereocenters. The Balaban J connectivity index is 1.82. The maximum absolute atomic E-state index is 12.2. The van der Waals surface area contributed by atoms with E-state index < -0.39 is 18.0 Å². The number of carbonyl (C=O) groups excluding carboxylic acids is 2. The maximum Gasteiger partial charge on any atom is 0.344 e. The lowest BCUT2D eigenvalue weighted by molar-refractivity contribution is -0.155. The molecule has 1 N–H and O–H groups in total. The van der Waals surface area contributed by atoms with Gasteiger partial charge in [-0.05, 0) is 57.2 Å². The van der Waals surface area contributed by atoms with Crippen LogP contribution in [0.2, 0.25) is 0 Å². The Morgan fingerprint density at radius 3 is 2.11 bits per heavy atom. The second-order valence-corrected chi connectivity index (χ2v) is 5.75. The molecule has 7 nitrogen and oxygen atoms in total. The predicted octanol–water partition coefficient (Wildman–Crippen LogP) is 3.43. The molecule has 2 aromatic carbocycles. The zero-order valence-corrected chi connectivity index (χ0v) is 16.3. The third-order valence-corrected chi connectivity index (χ3v) is 3.60. The molecule has 0 aliphatic heterocycles. The van der Waals surface area contributed by atoms with Gasteiger partial charge in [0.1, 0.15) is 5.75 Å². The van der Waals surface area contributed by atoms with Crippen LogP contribution in [0.5, 0.6) is 17.2 Å². The van der Waals surface area contributed by atoms with Crippen LogP contribution in [-0.4, -0.2) is 37.8 Å². The zero-order chi connectivity index (χ0) is 20.4. The monoisotopic (exact) mass is 387 g/mol. The van der Waals surface area contributed by atoms with Gasteiger partial charge in [0.2, 0.25) is 0 Å². The van der Waals surface area contributed by atoms with Gasteiger partial charge in [-0.3, -0.25) is 4.79 Å². The summed E-state index contributed by atoms with van der Waals surface area (Å²) in [6.07, 6.45) is -0.968. The van der Waals surface area contributed by atoms with Crippen LogP contribution < -0.4 is 19.5 Å². The number of hydrogen-bond acceptors (Lipinski definition) is 6. The molecule has 0 heterocycles. The van der Waals surface area contributed by atoms with Crippen LogP contribution in [0.1, 0.15) is 20.8 Å². The van der Waals surface area contributed by atoms with E-state index in [1.54, 1.807) is 42.5 Å². The summed E-state index contributed by atoms with van der Waals surface area (Å²) in [5.74, 6) is 0.601. The molecule has 0 bridgehead atoms. The number of rotatable bonds is 10. The molecule has 0 aromatic heterocycles.